The van der Waals surface area contributed by atoms with E-state index in [1.165, 1.54) is 12.1 Å². The Kier molecular flexibility index (Phi) is 4.40. The van der Waals surface area contributed by atoms with E-state index in [1.54, 1.807) is 6.07 Å². The molecule has 20 heavy (non-hydrogen) atoms. The molecule has 4 nitrogen and oxygen atoms in total. The van der Waals surface area contributed by atoms with Crippen LogP contribution in [0.5, 0.6) is 0 Å². The van der Waals surface area contributed by atoms with E-state index in [0.29, 0.717) is 23.2 Å². The molecule has 0 saturated heterocycles. The van der Waals surface area contributed by atoms with Crippen molar-refractivity contribution < 1.29 is 8.91 Å². The minimum atomic E-state index is -0.632. The zero-order valence-electron chi connectivity index (χ0n) is 11.5. The van der Waals surface area contributed by atoms with Gasteiger partial charge in [-0.05, 0) is 31.0 Å². The van der Waals surface area contributed by atoms with Gasteiger partial charge in [-0.1, -0.05) is 36.2 Å². The number of nitrogens with zero attached hydrogens (tertiary/aromatic N) is 2. The minimum Gasteiger partial charge on any atom is -0.337 e. The fourth-order valence-electron chi connectivity index (χ4n) is 2.02. The van der Waals surface area contributed by atoms with E-state index in [4.69, 9.17) is 21.9 Å². The number of benzene rings is 1. The van der Waals surface area contributed by atoms with Crippen LogP contribution in [0.2, 0.25) is 5.02 Å². The van der Waals surface area contributed by atoms with Gasteiger partial charge in [0.15, 0.2) is 5.82 Å². The second kappa shape index (κ2) is 5.89. The predicted octanol–water partition coefficient (Wildman–Crippen LogP) is 3.43. The van der Waals surface area contributed by atoms with Gasteiger partial charge in [-0.2, -0.15) is 4.98 Å². The molecule has 2 rings (SSSR count). The van der Waals surface area contributed by atoms with Crippen LogP contribution in [0, 0.1) is 5.82 Å². The average Bonchev–Trinajstić information content (AvgIpc) is 2.82. The maximum atomic E-state index is 13.0. The van der Waals surface area contributed by atoms with Crippen LogP contribution in [0.1, 0.15) is 44.0 Å². The maximum absolute atomic E-state index is 13.0. The number of halogens is 2. The summed E-state index contributed by atoms with van der Waals surface area (Å²) in [5, 5.41) is 4.25. The van der Waals surface area contributed by atoms with E-state index < -0.39 is 5.54 Å². The molecule has 0 aliphatic rings. The first kappa shape index (κ1) is 14.9. The van der Waals surface area contributed by atoms with Crippen LogP contribution >= 0.6 is 11.6 Å². The highest BCUT2D eigenvalue weighted by atomic mass is 35.5. The lowest BCUT2D eigenvalue weighted by Crippen LogP contribution is -2.33. The standard InChI is InChI=1S/C14H17ClFN3O/c1-3-6-14(2,17)13-18-12(19-20-13)7-9-4-5-10(16)8-11(9)15/h4-5,8H,3,6-7,17H2,1-2H3. The molecule has 0 aliphatic heterocycles. The lowest BCUT2D eigenvalue weighted by atomic mass is 9.98. The summed E-state index contributed by atoms with van der Waals surface area (Å²) in [5.41, 5.74) is 6.25. The molecule has 108 valence electrons. The molecule has 0 spiro atoms. The van der Waals surface area contributed by atoms with Gasteiger partial charge in [0.1, 0.15) is 5.82 Å². The summed E-state index contributed by atoms with van der Waals surface area (Å²) in [7, 11) is 0. The second-order valence-corrected chi connectivity index (χ2v) is 5.50. The predicted molar refractivity (Wildman–Crippen MR) is 75.0 cm³/mol. The Bertz CT molecular complexity index is 598. The molecule has 6 heteroatoms. The molecule has 1 atom stereocenters. The molecule has 1 aromatic carbocycles. The zero-order chi connectivity index (χ0) is 14.8. The summed E-state index contributed by atoms with van der Waals surface area (Å²) in [6, 6.07) is 4.23. The van der Waals surface area contributed by atoms with Crippen molar-refractivity contribution in [2.45, 2.75) is 38.6 Å². The van der Waals surface area contributed by atoms with Crippen molar-refractivity contribution in [3.05, 3.63) is 46.3 Å². The first-order valence-electron chi connectivity index (χ1n) is 6.48. The van der Waals surface area contributed by atoms with Gasteiger partial charge in [0, 0.05) is 11.4 Å². The summed E-state index contributed by atoms with van der Waals surface area (Å²) in [6.45, 7) is 3.90. The number of nitrogens with two attached hydrogens (primary N) is 1. The largest absolute Gasteiger partial charge is 0.337 e. The van der Waals surface area contributed by atoms with Gasteiger partial charge in [0.2, 0.25) is 5.89 Å². The summed E-state index contributed by atoms with van der Waals surface area (Å²) in [5.74, 6) is 0.527. The molecule has 0 radical (unpaired) electrons. The zero-order valence-corrected chi connectivity index (χ0v) is 12.2. The van der Waals surface area contributed by atoms with Gasteiger partial charge >= 0.3 is 0 Å². The Labute approximate surface area is 122 Å². The topological polar surface area (TPSA) is 64.9 Å². The summed E-state index contributed by atoms with van der Waals surface area (Å²) >= 11 is 5.97. The quantitative estimate of drug-likeness (QED) is 0.918. The summed E-state index contributed by atoms with van der Waals surface area (Å²) in [6.07, 6.45) is 2.06. The highest BCUT2D eigenvalue weighted by Gasteiger charge is 2.27. The normalized spacial score (nSPS) is 14.2. The molecule has 2 aromatic rings. The van der Waals surface area contributed by atoms with Crippen molar-refractivity contribution in [2.24, 2.45) is 5.73 Å². The van der Waals surface area contributed by atoms with Crippen LogP contribution in [0.25, 0.3) is 0 Å². The highest BCUT2D eigenvalue weighted by molar-refractivity contribution is 6.31. The van der Waals surface area contributed by atoms with Gasteiger partial charge in [0.05, 0.1) is 5.54 Å². The smallest absolute Gasteiger partial charge is 0.246 e. The van der Waals surface area contributed by atoms with Crippen LogP contribution in [0.4, 0.5) is 4.39 Å². The van der Waals surface area contributed by atoms with Gasteiger partial charge < -0.3 is 10.3 Å². The van der Waals surface area contributed by atoms with Gasteiger partial charge in [-0.25, -0.2) is 4.39 Å². The lowest BCUT2D eigenvalue weighted by molar-refractivity contribution is 0.282. The number of aromatic nitrogens is 2. The molecule has 1 unspecified atom stereocenters. The third kappa shape index (κ3) is 3.35. The molecule has 0 bridgehead atoms. The van der Waals surface area contributed by atoms with E-state index in [-0.39, 0.29) is 5.82 Å². The number of hydrogen-bond acceptors (Lipinski definition) is 4. The van der Waals surface area contributed by atoms with Gasteiger partial charge in [-0.3, -0.25) is 0 Å². The van der Waals surface area contributed by atoms with Crippen LogP contribution in [0.15, 0.2) is 22.7 Å². The van der Waals surface area contributed by atoms with Crippen molar-refractivity contribution >= 4 is 11.6 Å². The third-order valence-corrected chi connectivity index (χ3v) is 3.44. The molecular formula is C14H17ClFN3O. The van der Waals surface area contributed by atoms with Crippen molar-refractivity contribution in [1.82, 2.24) is 10.1 Å². The third-order valence-electron chi connectivity index (χ3n) is 3.09. The summed E-state index contributed by atoms with van der Waals surface area (Å²) in [4.78, 5) is 4.30. The van der Waals surface area contributed by atoms with Crippen molar-refractivity contribution in [3.8, 4) is 0 Å². The molecule has 1 heterocycles. The maximum Gasteiger partial charge on any atom is 0.246 e. The summed E-state index contributed by atoms with van der Waals surface area (Å²) < 4.78 is 18.2. The van der Waals surface area contributed by atoms with Crippen LogP contribution in [0.3, 0.4) is 0 Å². The average molecular weight is 298 g/mol. The van der Waals surface area contributed by atoms with Gasteiger partial charge in [0.25, 0.3) is 0 Å². The van der Waals surface area contributed by atoms with Crippen molar-refractivity contribution in [3.63, 3.8) is 0 Å². The number of hydrogen-bond donors (Lipinski definition) is 1. The first-order valence-corrected chi connectivity index (χ1v) is 6.86. The van der Waals surface area contributed by atoms with E-state index >= 15 is 0 Å². The van der Waals surface area contributed by atoms with Crippen molar-refractivity contribution in [2.75, 3.05) is 0 Å². The molecular weight excluding hydrogens is 281 g/mol. The molecule has 0 amide bonds. The van der Waals surface area contributed by atoms with Crippen LogP contribution < -0.4 is 5.73 Å². The van der Waals surface area contributed by atoms with Crippen LogP contribution in [-0.4, -0.2) is 10.1 Å². The van der Waals surface area contributed by atoms with E-state index in [2.05, 4.69) is 10.1 Å². The van der Waals surface area contributed by atoms with E-state index in [9.17, 15) is 4.39 Å². The van der Waals surface area contributed by atoms with E-state index in [0.717, 1.165) is 18.4 Å². The fraction of sp³-hybridized carbons (Fsp3) is 0.429. The highest BCUT2D eigenvalue weighted by Crippen LogP contribution is 2.23. The molecule has 0 fully saturated rings. The van der Waals surface area contributed by atoms with Crippen molar-refractivity contribution in [1.29, 1.82) is 0 Å². The lowest BCUT2D eigenvalue weighted by Gasteiger charge is -2.18. The Morgan fingerprint density at radius 3 is 2.85 bits per heavy atom. The molecule has 0 aliphatic carbocycles. The Morgan fingerprint density at radius 2 is 2.20 bits per heavy atom. The monoisotopic (exact) mass is 297 g/mol. The molecule has 2 N–H and O–H groups in total. The fourth-order valence-corrected chi connectivity index (χ4v) is 2.25. The second-order valence-electron chi connectivity index (χ2n) is 5.10. The SMILES string of the molecule is CCCC(C)(N)c1nc(Cc2ccc(F)cc2Cl)no1. The first-order chi connectivity index (χ1) is 9.42. The Morgan fingerprint density at radius 1 is 1.45 bits per heavy atom. The van der Waals surface area contributed by atoms with Gasteiger partial charge in [-0.15, -0.1) is 0 Å². The Hall–Kier alpha value is -1.46. The van der Waals surface area contributed by atoms with Crippen LogP contribution in [-0.2, 0) is 12.0 Å². The number of rotatable bonds is 5. The minimum absolute atomic E-state index is 0.348. The Balaban J connectivity index is 2.17. The molecule has 0 saturated carbocycles. The molecule has 1 aromatic heterocycles. The van der Waals surface area contributed by atoms with E-state index in [1.807, 2.05) is 13.8 Å².